The highest BCUT2D eigenvalue weighted by atomic mass is 32.2. The van der Waals surface area contributed by atoms with Crippen LogP contribution in [-0.2, 0) is 13.1 Å². The van der Waals surface area contributed by atoms with Gasteiger partial charge in [-0.2, -0.15) is 0 Å². The fourth-order valence-electron chi connectivity index (χ4n) is 4.02. The molecule has 1 fully saturated rings. The Bertz CT molecular complexity index is 1050. The third-order valence-corrected chi connectivity index (χ3v) is 6.76. The van der Waals surface area contributed by atoms with Crippen LogP contribution in [-0.4, -0.2) is 52.8 Å². The number of rotatable bonds is 7. The van der Waals surface area contributed by atoms with Crippen LogP contribution in [0.3, 0.4) is 0 Å². The molecular weight excluding hydrogens is 397 g/mol. The second-order valence-electron chi connectivity index (χ2n) is 7.70. The summed E-state index contributed by atoms with van der Waals surface area (Å²) in [7, 11) is 0. The number of fused-ring (bicyclic) bond motifs is 1. The molecule has 158 valence electrons. The minimum atomic E-state index is -0.310. The van der Waals surface area contributed by atoms with Crippen molar-refractivity contribution in [3.05, 3.63) is 76.3 Å². The molecule has 0 spiro atoms. The topological polar surface area (TPSA) is 28.5 Å². The second-order valence-corrected chi connectivity index (χ2v) is 8.87. The summed E-state index contributed by atoms with van der Waals surface area (Å²) in [5.41, 5.74) is 1.47. The first-order valence-electron chi connectivity index (χ1n) is 10.6. The SMILES string of the molecule is CCN1CCN(Cc2cc3ccc(F)cc3n(CCSc3ccccc3)c2=O)CC1. The summed E-state index contributed by atoms with van der Waals surface area (Å²) in [6, 6.07) is 16.8. The Morgan fingerprint density at radius 2 is 1.70 bits per heavy atom. The molecule has 6 heteroatoms. The van der Waals surface area contributed by atoms with Gasteiger partial charge >= 0.3 is 0 Å². The highest BCUT2D eigenvalue weighted by molar-refractivity contribution is 7.99. The largest absolute Gasteiger partial charge is 0.307 e. The number of likely N-dealkylation sites (N-methyl/N-ethyl adjacent to an activating group) is 1. The number of nitrogens with zero attached hydrogens (tertiary/aromatic N) is 3. The van der Waals surface area contributed by atoms with Crippen LogP contribution in [0.5, 0.6) is 0 Å². The molecule has 0 amide bonds. The van der Waals surface area contributed by atoms with E-state index in [-0.39, 0.29) is 11.4 Å². The summed E-state index contributed by atoms with van der Waals surface area (Å²) in [6.45, 7) is 8.47. The zero-order valence-electron chi connectivity index (χ0n) is 17.4. The molecular formula is C24H28FN3OS. The third-order valence-electron chi connectivity index (χ3n) is 5.77. The molecule has 1 aromatic heterocycles. The molecule has 0 aliphatic carbocycles. The van der Waals surface area contributed by atoms with E-state index in [1.165, 1.54) is 17.0 Å². The lowest BCUT2D eigenvalue weighted by molar-refractivity contribution is 0.131. The molecule has 4 nitrogen and oxygen atoms in total. The quantitative estimate of drug-likeness (QED) is 0.534. The number of aryl methyl sites for hydroxylation is 1. The smallest absolute Gasteiger partial charge is 0.255 e. The first-order valence-corrected chi connectivity index (χ1v) is 11.6. The second kappa shape index (κ2) is 9.77. The molecule has 1 aliphatic rings. The van der Waals surface area contributed by atoms with Gasteiger partial charge in [-0.3, -0.25) is 9.69 Å². The zero-order chi connectivity index (χ0) is 20.9. The van der Waals surface area contributed by atoms with Crippen LogP contribution in [0.25, 0.3) is 10.9 Å². The summed E-state index contributed by atoms with van der Waals surface area (Å²) in [6.07, 6.45) is 0. The minimum Gasteiger partial charge on any atom is -0.307 e. The van der Waals surface area contributed by atoms with Crippen molar-refractivity contribution in [3.8, 4) is 0 Å². The molecule has 0 bridgehead atoms. The number of benzene rings is 2. The Kier molecular flexibility index (Phi) is 6.87. The molecule has 0 atom stereocenters. The van der Waals surface area contributed by atoms with E-state index in [9.17, 15) is 9.18 Å². The van der Waals surface area contributed by atoms with Crippen LogP contribution in [0.4, 0.5) is 4.39 Å². The van der Waals surface area contributed by atoms with Crippen LogP contribution in [0.2, 0.25) is 0 Å². The summed E-state index contributed by atoms with van der Waals surface area (Å²) >= 11 is 1.71. The first kappa shape index (κ1) is 21.1. The lowest BCUT2D eigenvalue weighted by Gasteiger charge is -2.34. The van der Waals surface area contributed by atoms with Gasteiger partial charge in [0.25, 0.3) is 5.56 Å². The molecule has 0 unspecified atom stereocenters. The van der Waals surface area contributed by atoms with E-state index in [0.717, 1.165) is 49.4 Å². The normalized spacial score (nSPS) is 15.7. The van der Waals surface area contributed by atoms with Crippen LogP contribution < -0.4 is 5.56 Å². The molecule has 4 rings (SSSR count). The third kappa shape index (κ3) is 4.94. The number of pyridine rings is 1. The first-order chi connectivity index (χ1) is 14.6. The average Bonchev–Trinajstić information content (AvgIpc) is 2.78. The van der Waals surface area contributed by atoms with E-state index in [2.05, 4.69) is 28.9 Å². The van der Waals surface area contributed by atoms with Crippen molar-refractivity contribution in [2.75, 3.05) is 38.5 Å². The van der Waals surface area contributed by atoms with Crippen molar-refractivity contribution in [3.63, 3.8) is 0 Å². The maximum atomic E-state index is 13.9. The van der Waals surface area contributed by atoms with Gasteiger partial charge in [-0.25, -0.2) is 4.39 Å². The van der Waals surface area contributed by atoms with Gasteiger partial charge in [0, 0.05) is 55.5 Å². The van der Waals surface area contributed by atoms with Gasteiger partial charge in [0.1, 0.15) is 5.82 Å². The number of thioether (sulfide) groups is 1. The Labute approximate surface area is 181 Å². The van der Waals surface area contributed by atoms with Crippen LogP contribution >= 0.6 is 11.8 Å². The van der Waals surface area contributed by atoms with E-state index < -0.39 is 0 Å². The monoisotopic (exact) mass is 425 g/mol. The van der Waals surface area contributed by atoms with Crippen LogP contribution in [0, 0.1) is 5.82 Å². The summed E-state index contributed by atoms with van der Waals surface area (Å²) in [4.78, 5) is 19.3. The fraction of sp³-hybridized carbons (Fsp3) is 0.375. The maximum Gasteiger partial charge on any atom is 0.255 e. The highest BCUT2D eigenvalue weighted by Crippen LogP contribution is 2.20. The average molecular weight is 426 g/mol. The van der Waals surface area contributed by atoms with Crippen molar-refractivity contribution in [1.82, 2.24) is 14.4 Å². The van der Waals surface area contributed by atoms with Gasteiger partial charge in [-0.1, -0.05) is 25.1 Å². The van der Waals surface area contributed by atoms with Gasteiger partial charge in [-0.05, 0) is 48.3 Å². The maximum absolute atomic E-state index is 13.9. The van der Waals surface area contributed by atoms with Gasteiger partial charge in [0.2, 0.25) is 0 Å². The van der Waals surface area contributed by atoms with Gasteiger partial charge in [-0.15, -0.1) is 11.8 Å². The Morgan fingerprint density at radius 3 is 2.43 bits per heavy atom. The van der Waals surface area contributed by atoms with Gasteiger partial charge in [0.15, 0.2) is 0 Å². The molecule has 0 radical (unpaired) electrons. The molecule has 1 saturated heterocycles. The van der Waals surface area contributed by atoms with Crippen LogP contribution in [0.15, 0.2) is 64.3 Å². The molecule has 30 heavy (non-hydrogen) atoms. The predicted molar refractivity (Wildman–Crippen MR) is 123 cm³/mol. The fourth-order valence-corrected chi connectivity index (χ4v) is 4.88. The molecule has 2 aromatic carbocycles. The Morgan fingerprint density at radius 1 is 0.967 bits per heavy atom. The van der Waals surface area contributed by atoms with Gasteiger partial charge < -0.3 is 9.47 Å². The van der Waals surface area contributed by atoms with Crippen molar-refractivity contribution in [2.24, 2.45) is 0 Å². The zero-order valence-corrected chi connectivity index (χ0v) is 18.2. The molecule has 0 N–H and O–H groups in total. The Hall–Kier alpha value is -2.15. The number of aromatic nitrogens is 1. The summed E-state index contributed by atoms with van der Waals surface area (Å²) < 4.78 is 15.7. The van der Waals surface area contributed by atoms with Crippen molar-refractivity contribution >= 4 is 22.7 Å². The van der Waals surface area contributed by atoms with E-state index in [4.69, 9.17) is 0 Å². The van der Waals surface area contributed by atoms with Crippen LogP contribution in [0.1, 0.15) is 12.5 Å². The Balaban J connectivity index is 1.58. The summed E-state index contributed by atoms with van der Waals surface area (Å²) in [5.74, 6) is 0.448. The van der Waals surface area contributed by atoms with Crippen molar-refractivity contribution < 1.29 is 4.39 Å². The lowest BCUT2D eigenvalue weighted by atomic mass is 10.1. The number of hydrogen-bond acceptors (Lipinski definition) is 4. The number of hydrogen-bond donors (Lipinski definition) is 0. The standard InChI is InChI=1S/C24H28FN3OS/c1-2-26-10-12-27(13-11-26)18-20-16-19-8-9-21(25)17-23(19)28(24(20)29)14-15-30-22-6-4-3-5-7-22/h3-9,16-17H,2,10-15,18H2,1H3. The molecule has 0 saturated carbocycles. The van der Waals surface area contributed by atoms with Crippen molar-refractivity contribution in [1.29, 1.82) is 0 Å². The van der Waals surface area contributed by atoms with E-state index in [0.29, 0.717) is 18.6 Å². The summed E-state index contributed by atoms with van der Waals surface area (Å²) in [5, 5.41) is 0.919. The van der Waals surface area contributed by atoms with Crippen molar-refractivity contribution in [2.45, 2.75) is 24.9 Å². The molecule has 2 heterocycles. The van der Waals surface area contributed by atoms with E-state index >= 15 is 0 Å². The highest BCUT2D eigenvalue weighted by Gasteiger charge is 2.18. The number of piperazine rings is 1. The van der Waals surface area contributed by atoms with E-state index in [1.807, 2.05) is 24.3 Å². The molecule has 1 aliphatic heterocycles. The lowest BCUT2D eigenvalue weighted by Crippen LogP contribution is -2.46. The van der Waals surface area contributed by atoms with E-state index in [1.54, 1.807) is 22.4 Å². The minimum absolute atomic E-state index is 0.000294. The van der Waals surface area contributed by atoms with Gasteiger partial charge in [0.05, 0.1) is 5.52 Å². The number of halogens is 1. The predicted octanol–water partition coefficient (Wildman–Crippen LogP) is 4.07. The molecule has 3 aromatic rings.